The second-order valence-corrected chi connectivity index (χ2v) is 5.08. The van der Waals surface area contributed by atoms with Gasteiger partial charge < -0.3 is 15.4 Å². The van der Waals surface area contributed by atoms with Crippen LogP contribution >= 0.6 is 24.0 Å². The summed E-state index contributed by atoms with van der Waals surface area (Å²) >= 11 is 5.87. The number of carbonyl (C=O) groups is 1. The maximum atomic E-state index is 12.0. The Balaban J connectivity index is 0.00000200. The number of amides is 1. The lowest BCUT2D eigenvalue weighted by atomic mass is 10.1. The average molecular weight is 319 g/mol. The van der Waals surface area contributed by atoms with Gasteiger partial charge in [0.1, 0.15) is 6.10 Å². The number of halogens is 2. The molecule has 1 fully saturated rings. The zero-order chi connectivity index (χ0) is 13.7. The van der Waals surface area contributed by atoms with E-state index in [0.29, 0.717) is 37.7 Å². The molecule has 1 aliphatic rings. The standard InChI is InChI=1S/C14H19ClN2O2.ClH/c15-12-5-3-11(4-6-12)13-10-17(8-9-19-13)14(18)2-1-7-16;/h3-6,13H,1-2,7-10,16H2;1H. The van der Waals surface area contributed by atoms with E-state index in [-0.39, 0.29) is 24.4 Å². The van der Waals surface area contributed by atoms with E-state index in [9.17, 15) is 4.79 Å². The normalized spacial score (nSPS) is 18.5. The van der Waals surface area contributed by atoms with E-state index in [4.69, 9.17) is 22.1 Å². The van der Waals surface area contributed by atoms with Crippen LogP contribution in [-0.4, -0.2) is 37.0 Å². The number of hydrogen-bond acceptors (Lipinski definition) is 3. The fraction of sp³-hybridized carbons (Fsp3) is 0.500. The van der Waals surface area contributed by atoms with Crippen molar-refractivity contribution in [3.05, 3.63) is 34.9 Å². The van der Waals surface area contributed by atoms with E-state index in [1.54, 1.807) is 0 Å². The summed E-state index contributed by atoms with van der Waals surface area (Å²) in [5.74, 6) is 0.160. The molecule has 1 unspecified atom stereocenters. The number of benzene rings is 1. The van der Waals surface area contributed by atoms with Gasteiger partial charge in [-0.25, -0.2) is 0 Å². The van der Waals surface area contributed by atoms with Crippen LogP contribution < -0.4 is 5.73 Å². The van der Waals surface area contributed by atoms with Gasteiger partial charge in [-0.1, -0.05) is 23.7 Å². The largest absolute Gasteiger partial charge is 0.370 e. The van der Waals surface area contributed by atoms with Crippen LogP contribution in [0, 0.1) is 0 Å². The van der Waals surface area contributed by atoms with Crippen molar-refractivity contribution < 1.29 is 9.53 Å². The highest BCUT2D eigenvalue weighted by Crippen LogP contribution is 2.24. The smallest absolute Gasteiger partial charge is 0.222 e. The number of nitrogens with zero attached hydrogens (tertiary/aromatic N) is 1. The van der Waals surface area contributed by atoms with Crippen molar-refractivity contribution in [1.29, 1.82) is 0 Å². The Kier molecular flexibility index (Phi) is 7.30. The molecular formula is C14H20Cl2N2O2. The average Bonchev–Trinajstić information content (AvgIpc) is 2.45. The van der Waals surface area contributed by atoms with Crippen LogP contribution in [0.25, 0.3) is 0 Å². The topological polar surface area (TPSA) is 55.6 Å². The Morgan fingerprint density at radius 1 is 1.40 bits per heavy atom. The van der Waals surface area contributed by atoms with Gasteiger partial charge in [-0.15, -0.1) is 12.4 Å². The summed E-state index contributed by atoms with van der Waals surface area (Å²) < 4.78 is 5.73. The summed E-state index contributed by atoms with van der Waals surface area (Å²) in [6, 6.07) is 7.58. The van der Waals surface area contributed by atoms with Gasteiger partial charge in [0.15, 0.2) is 0 Å². The third kappa shape index (κ3) is 4.63. The maximum absolute atomic E-state index is 12.0. The van der Waals surface area contributed by atoms with Gasteiger partial charge in [0.05, 0.1) is 13.2 Å². The van der Waals surface area contributed by atoms with Crippen LogP contribution in [0.2, 0.25) is 5.02 Å². The first kappa shape index (κ1) is 17.2. The van der Waals surface area contributed by atoms with Crippen LogP contribution in [0.4, 0.5) is 0 Å². The van der Waals surface area contributed by atoms with Gasteiger partial charge in [-0.3, -0.25) is 4.79 Å². The Morgan fingerprint density at radius 3 is 2.75 bits per heavy atom. The molecule has 0 radical (unpaired) electrons. The minimum atomic E-state index is -0.0622. The number of nitrogens with two attached hydrogens (primary N) is 1. The lowest BCUT2D eigenvalue weighted by Gasteiger charge is -2.33. The third-order valence-corrected chi connectivity index (χ3v) is 3.51. The Bertz CT molecular complexity index is 426. The monoisotopic (exact) mass is 318 g/mol. The molecule has 112 valence electrons. The van der Waals surface area contributed by atoms with Gasteiger partial charge in [-0.2, -0.15) is 0 Å². The highest BCUT2D eigenvalue weighted by molar-refractivity contribution is 6.30. The summed E-state index contributed by atoms with van der Waals surface area (Å²) in [6.07, 6.45) is 1.19. The lowest BCUT2D eigenvalue weighted by Crippen LogP contribution is -2.42. The summed E-state index contributed by atoms with van der Waals surface area (Å²) in [6.45, 7) is 2.39. The molecule has 1 aromatic rings. The zero-order valence-electron chi connectivity index (χ0n) is 11.3. The number of carbonyl (C=O) groups excluding carboxylic acids is 1. The number of ether oxygens (including phenoxy) is 1. The molecule has 1 heterocycles. The molecule has 1 amide bonds. The van der Waals surface area contributed by atoms with Crippen molar-refractivity contribution in [3.63, 3.8) is 0 Å². The Hall–Kier alpha value is -0.810. The fourth-order valence-electron chi connectivity index (χ4n) is 2.17. The number of hydrogen-bond donors (Lipinski definition) is 1. The second-order valence-electron chi connectivity index (χ2n) is 4.64. The van der Waals surface area contributed by atoms with E-state index >= 15 is 0 Å². The number of morpholine rings is 1. The van der Waals surface area contributed by atoms with Crippen LogP contribution in [0.1, 0.15) is 24.5 Å². The minimum Gasteiger partial charge on any atom is -0.370 e. The quantitative estimate of drug-likeness (QED) is 0.927. The number of rotatable bonds is 4. The van der Waals surface area contributed by atoms with Crippen LogP contribution in [0.5, 0.6) is 0 Å². The van der Waals surface area contributed by atoms with Crippen molar-refractivity contribution in [2.75, 3.05) is 26.2 Å². The first-order valence-corrected chi connectivity index (χ1v) is 6.93. The van der Waals surface area contributed by atoms with Gasteiger partial charge in [0, 0.05) is 18.0 Å². The van der Waals surface area contributed by atoms with Crippen molar-refractivity contribution in [2.45, 2.75) is 18.9 Å². The zero-order valence-corrected chi connectivity index (χ0v) is 12.8. The molecule has 2 rings (SSSR count). The van der Waals surface area contributed by atoms with E-state index in [2.05, 4.69) is 0 Å². The predicted molar refractivity (Wildman–Crippen MR) is 82.3 cm³/mol. The Morgan fingerprint density at radius 2 is 2.10 bits per heavy atom. The SMILES string of the molecule is Cl.NCCCC(=O)N1CCOC(c2ccc(Cl)cc2)C1. The molecular weight excluding hydrogens is 299 g/mol. The van der Waals surface area contributed by atoms with Gasteiger partial charge >= 0.3 is 0 Å². The Labute approximate surface area is 130 Å². The van der Waals surface area contributed by atoms with E-state index < -0.39 is 0 Å². The van der Waals surface area contributed by atoms with Crippen LogP contribution in [-0.2, 0) is 9.53 Å². The summed E-state index contributed by atoms with van der Waals surface area (Å²) in [4.78, 5) is 13.8. The first-order valence-electron chi connectivity index (χ1n) is 6.55. The van der Waals surface area contributed by atoms with Crippen molar-refractivity contribution in [2.24, 2.45) is 5.73 Å². The molecule has 2 N–H and O–H groups in total. The molecule has 0 aliphatic carbocycles. The predicted octanol–water partition coefficient (Wildman–Crippen LogP) is 2.40. The van der Waals surface area contributed by atoms with E-state index in [1.165, 1.54) is 0 Å². The molecule has 6 heteroatoms. The second kappa shape index (κ2) is 8.47. The van der Waals surface area contributed by atoms with Crippen LogP contribution in [0.15, 0.2) is 24.3 Å². The highest BCUT2D eigenvalue weighted by atomic mass is 35.5. The minimum absolute atomic E-state index is 0. The molecule has 20 heavy (non-hydrogen) atoms. The molecule has 1 aliphatic heterocycles. The molecule has 1 aromatic carbocycles. The van der Waals surface area contributed by atoms with Gasteiger partial charge in [0.25, 0.3) is 0 Å². The molecule has 0 spiro atoms. The fourth-order valence-corrected chi connectivity index (χ4v) is 2.29. The van der Waals surface area contributed by atoms with Gasteiger partial charge in [-0.05, 0) is 30.7 Å². The van der Waals surface area contributed by atoms with Crippen molar-refractivity contribution in [1.82, 2.24) is 4.90 Å². The molecule has 1 atom stereocenters. The molecule has 0 aromatic heterocycles. The van der Waals surface area contributed by atoms with Gasteiger partial charge in [0.2, 0.25) is 5.91 Å². The molecule has 1 saturated heterocycles. The van der Waals surface area contributed by atoms with E-state index in [1.807, 2.05) is 29.2 Å². The van der Waals surface area contributed by atoms with Crippen molar-refractivity contribution >= 4 is 29.9 Å². The first-order chi connectivity index (χ1) is 9.20. The summed E-state index contributed by atoms with van der Waals surface area (Å²) in [5.41, 5.74) is 6.49. The van der Waals surface area contributed by atoms with E-state index in [0.717, 1.165) is 12.0 Å². The maximum Gasteiger partial charge on any atom is 0.222 e. The van der Waals surface area contributed by atoms with Crippen LogP contribution in [0.3, 0.4) is 0 Å². The summed E-state index contributed by atoms with van der Waals surface area (Å²) in [5, 5.41) is 0.704. The molecule has 4 nitrogen and oxygen atoms in total. The van der Waals surface area contributed by atoms with Crippen molar-refractivity contribution in [3.8, 4) is 0 Å². The highest BCUT2D eigenvalue weighted by Gasteiger charge is 2.24. The lowest BCUT2D eigenvalue weighted by molar-refractivity contribution is -0.139. The summed E-state index contributed by atoms with van der Waals surface area (Å²) in [7, 11) is 0. The molecule has 0 bridgehead atoms. The third-order valence-electron chi connectivity index (χ3n) is 3.26. The molecule has 0 saturated carbocycles.